The summed E-state index contributed by atoms with van der Waals surface area (Å²) in [7, 11) is -3.61. The maximum absolute atomic E-state index is 12.6. The molecule has 1 aliphatic rings. The van der Waals surface area contributed by atoms with Gasteiger partial charge in [-0.1, -0.05) is 12.1 Å². The van der Waals surface area contributed by atoms with E-state index < -0.39 is 10.0 Å². The van der Waals surface area contributed by atoms with E-state index in [1.807, 2.05) is 18.2 Å². The predicted octanol–water partition coefficient (Wildman–Crippen LogP) is 1.95. The molecule has 1 amide bonds. The van der Waals surface area contributed by atoms with Crippen LogP contribution in [0, 0.1) is 6.92 Å². The number of hydrogen-bond donors (Lipinski definition) is 2. The van der Waals surface area contributed by atoms with Crippen molar-refractivity contribution in [2.75, 3.05) is 0 Å². The van der Waals surface area contributed by atoms with Gasteiger partial charge in [0.15, 0.2) is 5.82 Å². The van der Waals surface area contributed by atoms with E-state index in [1.54, 1.807) is 36.3 Å². The average molecular weight is 411 g/mol. The van der Waals surface area contributed by atoms with Crippen molar-refractivity contribution in [1.82, 2.24) is 24.8 Å². The Balaban J connectivity index is 1.44. The summed E-state index contributed by atoms with van der Waals surface area (Å²) in [6.45, 7) is 2.06. The Morgan fingerprint density at radius 3 is 2.72 bits per heavy atom. The van der Waals surface area contributed by atoms with Crippen LogP contribution < -0.4 is 10.0 Å². The lowest BCUT2D eigenvalue weighted by atomic mass is 10.1. The van der Waals surface area contributed by atoms with Crippen molar-refractivity contribution < 1.29 is 13.2 Å². The van der Waals surface area contributed by atoms with E-state index in [1.165, 1.54) is 12.1 Å². The molecule has 29 heavy (non-hydrogen) atoms. The monoisotopic (exact) mass is 411 g/mol. The molecule has 0 unspecified atom stereocenters. The number of sulfonamides is 1. The second-order valence-electron chi connectivity index (χ2n) is 7.03. The van der Waals surface area contributed by atoms with Crippen LogP contribution in [0.1, 0.15) is 34.3 Å². The second-order valence-corrected chi connectivity index (χ2v) is 8.74. The average Bonchev–Trinajstić information content (AvgIpc) is 3.33. The molecule has 0 radical (unpaired) electrons. The zero-order valence-corrected chi connectivity index (χ0v) is 16.7. The van der Waals surface area contributed by atoms with Crippen LogP contribution in [0.5, 0.6) is 0 Å². The minimum atomic E-state index is -3.61. The fourth-order valence-electron chi connectivity index (χ4n) is 2.84. The molecular weight excluding hydrogens is 390 g/mol. The summed E-state index contributed by atoms with van der Waals surface area (Å²) < 4.78 is 29.1. The highest BCUT2D eigenvalue weighted by Gasteiger charge is 2.28. The molecule has 1 aliphatic carbocycles. The minimum Gasteiger partial charge on any atom is -0.348 e. The third-order valence-corrected chi connectivity index (χ3v) is 6.18. The van der Waals surface area contributed by atoms with E-state index in [0.717, 1.165) is 18.4 Å². The van der Waals surface area contributed by atoms with Crippen molar-refractivity contribution in [3.63, 3.8) is 0 Å². The molecule has 9 heteroatoms. The fourth-order valence-corrected chi connectivity index (χ4v) is 4.17. The molecule has 0 atom stereocenters. The van der Waals surface area contributed by atoms with Crippen LogP contribution in [0.25, 0.3) is 5.82 Å². The van der Waals surface area contributed by atoms with Crippen molar-refractivity contribution >= 4 is 15.9 Å². The summed E-state index contributed by atoms with van der Waals surface area (Å²) >= 11 is 0. The van der Waals surface area contributed by atoms with E-state index in [9.17, 15) is 13.2 Å². The van der Waals surface area contributed by atoms with E-state index in [0.29, 0.717) is 16.9 Å². The summed E-state index contributed by atoms with van der Waals surface area (Å²) in [4.78, 5) is 17.1. The number of pyridine rings is 1. The highest BCUT2D eigenvalue weighted by Crippen LogP contribution is 2.23. The van der Waals surface area contributed by atoms with Crippen LogP contribution in [-0.2, 0) is 16.6 Å². The van der Waals surface area contributed by atoms with Gasteiger partial charge in [0.1, 0.15) is 0 Å². The maximum atomic E-state index is 12.6. The number of carbonyl (C=O) groups is 1. The number of nitrogens with zero attached hydrogens (tertiary/aromatic N) is 3. The Bertz CT molecular complexity index is 1120. The molecule has 1 fully saturated rings. The number of benzene rings is 1. The van der Waals surface area contributed by atoms with Gasteiger partial charge in [-0.15, -0.1) is 0 Å². The van der Waals surface area contributed by atoms with Crippen LogP contribution in [-0.4, -0.2) is 35.1 Å². The third-order valence-electron chi connectivity index (χ3n) is 4.66. The summed E-state index contributed by atoms with van der Waals surface area (Å²) in [5, 5.41) is 6.95. The number of carbonyl (C=O) groups excluding carboxylic acids is 1. The largest absolute Gasteiger partial charge is 0.348 e. The van der Waals surface area contributed by atoms with Gasteiger partial charge in [0.25, 0.3) is 5.91 Å². The third kappa shape index (κ3) is 4.52. The van der Waals surface area contributed by atoms with Gasteiger partial charge in [-0.25, -0.2) is 22.8 Å². The molecule has 2 aromatic heterocycles. The van der Waals surface area contributed by atoms with Crippen molar-refractivity contribution in [3.8, 4) is 5.82 Å². The van der Waals surface area contributed by atoms with Gasteiger partial charge in [-0.2, -0.15) is 5.10 Å². The van der Waals surface area contributed by atoms with E-state index in [4.69, 9.17) is 0 Å². The van der Waals surface area contributed by atoms with Gasteiger partial charge >= 0.3 is 0 Å². The van der Waals surface area contributed by atoms with Crippen LogP contribution >= 0.6 is 0 Å². The molecule has 1 saturated carbocycles. The molecule has 2 N–H and O–H groups in total. The van der Waals surface area contributed by atoms with Crippen LogP contribution in [0.4, 0.5) is 0 Å². The van der Waals surface area contributed by atoms with Gasteiger partial charge in [0.2, 0.25) is 10.0 Å². The molecule has 2 heterocycles. The number of amides is 1. The van der Waals surface area contributed by atoms with E-state index in [2.05, 4.69) is 20.1 Å². The molecule has 8 nitrogen and oxygen atoms in total. The normalized spacial score (nSPS) is 14.0. The Morgan fingerprint density at radius 1 is 1.24 bits per heavy atom. The molecule has 0 saturated heterocycles. The Hall–Kier alpha value is -3.04. The summed E-state index contributed by atoms with van der Waals surface area (Å²) in [6, 6.07) is 10.1. The Labute approximate surface area is 169 Å². The highest BCUT2D eigenvalue weighted by atomic mass is 32.2. The summed E-state index contributed by atoms with van der Waals surface area (Å²) in [6.07, 6.45) is 6.85. The van der Waals surface area contributed by atoms with Gasteiger partial charge in [-0.05, 0) is 55.2 Å². The predicted molar refractivity (Wildman–Crippen MR) is 107 cm³/mol. The SMILES string of the molecule is Cc1ccc(S(=O)(=O)NC2CC2)cc1C(=O)NCc1ccc(-n2cccn2)nc1. The Morgan fingerprint density at radius 2 is 2.07 bits per heavy atom. The standard InChI is InChI=1S/C20H21N5O3S/c1-14-3-7-17(29(27,28)24-16-5-6-16)11-18(14)20(26)22-13-15-4-8-19(21-12-15)25-10-2-9-23-25/h2-4,7-12,16,24H,5-6,13H2,1H3,(H,22,26). The molecule has 0 bridgehead atoms. The quantitative estimate of drug-likeness (QED) is 0.618. The van der Waals surface area contributed by atoms with Gasteiger partial charge in [-0.3, -0.25) is 4.79 Å². The fraction of sp³-hybridized carbons (Fsp3) is 0.250. The molecule has 0 aliphatic heterocycles. The second kappa shape index (κ2) is 7.76. The van der Waals surface area contributed by atoms with Crippen molar-refractivity contribution in [2.45, 2.75) is 37.2 Å². The highest BCUT2D eigenvalue weighted by molar-refractivity contribution is 7.89. The zero-order valence-electron chi connectivity index (χ0n) is 15.9. The van der Waals surface area contributed by atoms with E-state index >= 15 is 0 Å². The lowest BCUT2D eigenvalue weighted by Gasteiger charge is -2.11. The summed E-state index contributed by atoms with van der Waals surface area (Å²) in [5.41, 5.74) is 1.87. The molecule has 3 aromatic rings. The first kappa shape index (κ1) is 19.3. The molecule has 150 valence electrons. The van der Waals surface area contributed by atoms with Crippen LogP contribution in [0.2, 0.25) is 0 Å². The molecular formula is C20H21N5O3S. The van der Waals surface area contributed by atoms with Crippen LogP contribution in [0.15, 0.2) is 59.9 Å². The first-order valence-corrected chi connectivity index (χ1v) is 10.8. The van der Waals surface area contributed by atoms with Gasteiger partial charge in [0, 0.05) is 36.7 Å². The molecule has 0 spiro atoms. The van der Waals surface area contributed by atoms with Crippen molar-refractivity contribution in [2.24, 2.45) is 0 Å². The number of hydrogen-bond acceptors (Lipinski definition) is 5. The smallest absolute Gasteiger partial charge is 0.251 e. The number of aromatic nitrogens is 3. The van der Waals surface area contributed by atoms with Gasteiger partial charge < -0.3 is 5.32 Å². The number of aryl methyl sites for hydroxylation is 1. The first-order valence-electron chi connectivity index (χ1n) is 9.28. The first-order chi connectivity index (χ1) is 13.9. The van der Waals surface area contributed by atoms with Gasteiger partial charge in [0.05, 0.1) is 4.90 Å². The lowest BCUT2D eigenvalue weighted by Crippen LogP contribution is -2.27. The number of rotatable bonds is 7. The molecule has 1 aromatic carbocycles. The summed E-state index contributed by atoms with van der Waals surface area (Å²) in [5.74, 6) is 0.351. The topological polar surface area (TPSA) is 106 Å². The van der Waals surface area contributed by atoms with E-state index in [-0.39, 0.29) is 23.4 Å². The molecule has 4 rings (SSSR count). The maximum Gasteiger partial charge on any atom is 0.251 e. The van der Waals surface area contributed by atoms with Crippen LogP contribution in [0.3, 0.4) is 0 Å². The van der Waals surface area contributed by atoms with Crippen molar-refractivity contribution in [1.29, 1.82) is 0 Å². The van der Waals surface area contributed by atoms with Crippen molar-refractivity contribution in [3.05, 3.63) is 71.7 Å². The lowest BCUT2D eigenvalue weighted by molar-refractivity contribution is 0.0950. The zero-order chi connectivity index (χ0) is 20.4. The Kier molecular flexibility index (Phi) is 5.16. The number of nitrogens with one attached hydrogen (secondary N) is 2. The minimum absolute atomic E-state index is 0.00999.